The number of fused-ring (bicyclic) bond motifs is 1. The lowest BCUT2D eigenvalue weighted by molar-refractivity contribution is -0.671. The standard InChI is InChI=1S/C35H41N9O9S4/c1-8-52-41-24(27-40-33(57-42-27)38-22(46)10-9-21(45)37-23(17(2)3)32(51)53-35(4,5)6)28(47)39-25-29(48)44-26(31(49)50)20(16-54-30(25)44)56-34-36-19(15-55-34)18-11-13-43(7)14-12-18/h11-15,17,23,25,30H,8-10,16H2,1-7H3,(H3-,37,38,39,40,42,45,46,47,49,50)/p+1/t23-,25+,30+/m0/s1. The molecule has 0 aliphatic carbocycles. The molecular formula is C35H42N9O9S4+. The Kier molecular flexibility index (Phi) is 14.1. The average molecular weight is 861 g/mol. The molecule has 5 heterocycles. The first-order valence-electron chi connectivity index (χ1n) is 17.6. The number of anilines is 1. The van der Waals surface area contributed by atoms with E-state index in [2.05, 4.69) is 35.4 Å². The van der Waals surface area contributed by atoms with E-state index in [1.165, 1.54) is 34.9 Å². The number of nitrogens with one attached hydrogen (secondary N) is 3. The molecule has 3 aromatic rings. The Bertz CT molecular complexity index is 2090. The van der Waals surface area contributed by atoms with E-state index >= 15 is 0 Å². The van der Waals surface area contributed by atoms with Gasteiger partial charge in [0.05, 0.1) is 5.69 Å². The van der Waals surface area contributed by atoms with Crippen LogP contribution in [0.25, 0.3) is 11.3 Å². The number of aliphatic carboxylic acids is 1. The highest BCUT2D eigenvalue weighted by Gasteiger charge is 2.55. The van der Waals surface area contributed by atoms with E-state index < -0.39 is 58.6 Å². The van der Waals surface area contributed by atoms with Crippen LogP contribution in [0.5, 0.6) is 0 Å². The van der Waals surface area contributed by atoms with Crippen molar-refractivity contribution in [3.8, 4) is 11.3 Å². The van der Waals surface area contributed by atoms with Crippen molar-refractivity contribution in [2.45, 2.75) is 81.8 Å². The lowest BCUT2D eigenvalue weighted by atomic mass is 10.0. The summed E-state index contributed by atoms with van der Waals surface area (Å²) in [6, 6.07) is 1.87. The third kappa shape index (κ3) is 10.9. The normalized spacial score (nSPS) is 17.4. The fourth-order valence-electron chi connectivity index (χ4n) is 5.29. The molecule has 0 radical (unpaired) electrons. The minimum atomic E-state index is -1.28. The van der Waals surface area contributed by atoms with E-state index in [9.17, 15) is 33.9 Å². The molecule has 18 nitrogen and oxygen atoms in total. The van der Waals surface area contributed by atoms with Gasteiger partial charge in [0, 0.05) is 58.1 Å². The first-order valence-corrected chi connectivity index (χ1v) is 21.1. The second-order valence-electron chi connectivity index (χ2n) is 13.9. The molecule has 304 valence electrons. The van der Waals surface area contributed by atoms with Gasteiger partial charge in [-0.1, -0.05) is 30.8 Å². The lowest BCUT2D eigenvalue weighted by Gasteiger charge is -2.49. The minimum absolute atomic E-state index is 0.00133. The van der Waals surface area contributed by atoms with Gasteiger partial charge < -0.3 is 30.6 Å². The van der Waals surface area contributed by atoms with E-state index in [4.69, 9.17) is 9.57 Å². The number of carbonyl (C=O) groups excluding carboxylic acids is 5. The van der Waals surface area contributed by atoms with Gasteiger partial charge in [-0.25, -0.2) is 19.1 Å². The Balaban J connectivity index is 1.19. The van der Waals surface area contributed by atoms with E-state index in [1.54, 1.807) is 41.5 Å². The van der Waals surface area contributed by atoms with Gasteiger partial charge >= 0.3 is 11.9 Å². The number of rotatable bonds is 16. The molecule has 0 spiro atoms. The second kappa shape index (κ2) is 18.6. The number of β-lactam (4-membered cyclic amide) rings is 1. The van der Waals surface area contributed by atoms with Gasteiger partial charge in [-0.05, 0) is 33.6 Å². The molecule has 3 aromatic heterocycles. The van der Waals surface area contributed by atoms with Crippen LogP contribution in [0.3, 0.4) is 0 Å². The summed E-state index contributed by atoms with van der Waals surface area (Å²) in [6.07, 6.45) is 3.33. The average Bonchev–Trinajstić information content (AvgIpc) is 3.81. The van der Waals surface area contributed by atoms with Gasteiger partial charge in [0.2, 0.25) is 28.5 Å². The summed E-state index contributed by atoms with van der Waals surface area (Å²) in [5.41, 5.74) is 0.370. The van der Waals surface area contributed by atoms with Crippen LogP contribution in [0.2, 0.25) is 0 Å². The molecule has 0 saturated carbocycles. The number of carbonyl (C=O) groups is 6. The number of aryl methyl sites for hydroxylation is 1. The summed E-state index contributed by atoms with van der Waals surface area (Å²) in [4.78, 5) is 92.9. The summed E-state index contributed by atoms with van der Waals surface area (Å²) in [6.45, 7) is 10.4. The van der Waals surface area contributed by atoms with Gasteiger partial charge in [0.1, 0.15) is 42.4 Å². The molecule has 3 atom stereocenters. The van der Waals surface area contributed by atoms with E-state index in [-0.39, 0.29) is 53.5 Å². The van der Waals surface area contributed by atoms with Gasteiger partial charge in [-0.3, -0.25) is 24.1 Å². The summed E-state index contributed by atoms with van der Waals surface area (Å²) in [5.74, 6) is -4.65. The lowest BCUT2D eigenvalue weighted by Crippen LogP contribution is -2.71. The zero-order valence-electron chi connectivity index (χ0n) is 32.1. The van der Waals surface area contributed by atoms with Crippen molar-refractivity contribution in [1.29, 1.82) is 0 Å². The molecule has 57 heavy (non-hydrogen) atoms. The first-order chi connectivity index (χ1) is 26.9. The summed E-state index contributed by atoms with van der Waals surface area (Å²) in [7, 11) is 1.91. The number of thiazole rings is 1. The monoisotopic (exact) mass is 860 g/mol. The Hall–Kier alpha value is -4.93. The van der Waals surface area contributed by atoms with Gasteiger partial charge in [0.25, 0.3) is 11.8 Å². The fourth-order valence-corrected chi connectivity index (χ4v) is 9.34. The Morgan fingerprint density at radius 2 is 1.82 bits per heavy atom. The Morgan fingerprint density at radius 1 is 1.12 bits per heavy atom. The maximum absolute atomic E-state index is 13.5. The fraction of sp³-hybridized carbons (Fsp3) is 0.457. The molecular weight excluding hydrogens is 819 g/mol. The Labute approximate surface area is 344 Å². The molecule has 4 N–H and O–H groups in total. The molecule has 0 bridgehead atoms. The van der Waals surface area contributed by atoms with E-state index in [1.807, 2.05) is 41.5 Å². The minimum Gasteiger partial charge on any atom is -0.477 e. The zero-order valence-corrected chi connectivity index (χ0v) is 35.3. The quantitative estimate of drug-likeness (QED) is 0.0533. The highest BCUT2D eigenvalue weighted by molar-refractivity contribution is 8.07. The van der Waals surface area contributed by atoms with Crippen molar-refractivity contribution in [3.05, 3.63) is 46.3 Å². The molecule has 2 aliphatic rings. The largest absolute Gasteiger partial charge is 0.477 e. The number of carboxylic acid groups (broad SMARTS) is 1. The van der Waals surface area contributed by atoms with Crippen LogP contribution in [-0.2, 0) is 45.4 Å². The number of oxime groups is 1. The van der Waals surface area contributed by atoms with Crippen LogP contribution in [-0.4, -0.2) is 101 Å². The number of nitrogens with zero attached hydrogens (tertiary/aromatic N) is 6. The van der Waals surface area contributed by atoms with Gasteiger partial charge in [0.15, 0.2) is 16.7 Å². The summed E-state index contributed by atoms with van der Waals surface area (Å²) >= 11 is 4.59. The van der Waals surface area contributed by atoms with Crippen LogP contribution in [0, 0.1) is 5.92 Å². The van der Waals surface area contributed by atoms with Gasteiger partial charge in [-0.2, -0.15) is 9.36 Å². The number of carboxylic acids is 1. The molecule has 0 unspecified atom stereocenters. The number of hydrogen-bond donors (Lipinski definition) is 4. The molecule has 5 rings (SSSR count). The first kappa shape index (κ1) is 43.2. The van der Waals surface area contributed by atoms with Crippen molar-refractivity contribution in [2.75, 3.05) is 17.7 Å². The smallest absolute Gasteiger partial charge is 0.353 e. The SMILES string of the molecule is CCON=C(C(=O)N[C@@H]1C(=O)N2C(C(=O)O)=C(Sc3nc(-c4cc[n+](C)cc4)cs3)CS[C@H]12)c1nsc(NC(=O)CCC(=O)N[C@H](C(=O)OC(C)(C)C)C(C)C)n1. The maximum Gasteiger partial charge on any atom is 0.353 e. The third-order valence-electron chi connectivity index (χ3n) is 8.00. The van der Waals surface area contributed by atoms with Crippen molar-refractivity contribution in [2.24, 2.45) is 18.1 Å². The van der Waals surface area contributed by atoms with Crippen molar-refractivity contribution >= 4 is 92.8 Å². The van der Waals surface area contributed by atoms with Crippen LogP contribution < -0.4 is 20.5 Å². The summed E-state index contributed by atoms with van der Waals surface area (Å²) < 4.78 is 12.0. The Morgan fingerprint density at radius 3 is 2.47 bits per heavy atom. The third-order valence-corrected chi connectivity index (χ3v) is 12.1. The predicted octanol–water partition coefficient (Wildman–Crippen LogP) is 2.92. The molecule has 1 fully saturated rings. The number of amides is 4. The topological polar surface area (TPSA) is 235 Å². The number of esters is 1. The number of ether oxygens (including phenoxy) is 1. The highest BCUT2D eigenvalue weighted by atomic mass is 32.2. The van der Waals surface area contributed by atoms with Crippen molar-refractivity contribution in [1.82, 2.24) is 29.9 Å². The highest BCUT2D eigenvalue weighted by Crippen LogP contribution is 2.46. The summed E-state index contributed by atoms with van der Waals surface area (Å²) in [5, 5.41) is 23.0. The molecule has 22 heteroatoms. The molecule has 0 aromatic carbocycles. The van der Waals surface area contributed by atoms with Crippen LogP contribution in [0.4, 0.5) is 5.13 Å². The van der Waals surface area contributed by atoms with E-state index in [0.29, 0.717) is 9.24 Å². The van der Waals surface area contributed by atoms with Crippen molar-refractivity contribution < 1.29 is 48.0 Å². The number of hydrogen-bond acceptors (Lipinski definition) is 16. The van der Waals surface area contributed by atoms with Crippen LogP contribution in [0.15, 0.2) is 50.0 Å². The van der Waals surface area contributed by atoms with Crippen molar-refractivity contribution in [3.63, 3.8) is 0 Å². The second-order valence-corrected chi connectivity index (χ2v) is 18.0. The predicted molar refractivity (Wildman–Crippen MR) is 213 cm³/mol. The zero-order chi connectivity index (χ0) is 41.6. The number of pyridine rings is 1. The molecule has 1 saturated heterocycles. The maximum atomic E-state index is 13.5. The number of thioether (sulfide) groups is 2. The van der Waals surface area contributed by atoms with Gasteiger partial charge in [-0.15, -0.1) is 23.1 Å². The molecule has 2 aliphatic heterocycles. The number of aromatic nitrogens is 4. The molecule has 4 amide bonds. The van der Waals surface area contributed by atoms with E-state index in [0.717, 1.165) is 27.7 Å². The van der Waals surface area contributed by atoms with Crippen LogP contribution >= 0.6 is 46.4 Å². The van der Waals surface area contributed by atoms with Crippen LogP contribution in [0.1, 0.15) is 60.2 Å².